The van der Waals surface area contributed by atoms with Crippen molar-refractivity contribution in [1.29, 1.82) is 0 Å². The van der Waals surface area contributed by atoms with Gasteiger partial charge in [0.25, 0.3) is 0 Å². The Morgan fingerprint density at radius 1 is 1.10 bits per heavy atom. The fraction of sp³-hybridized carbons (Fsp3) is 0.625. The molecule has 1 N–H and O–H groups in total. The lowest BCUT2D eigenvalue weighted by Crippen LogP contribution is -2.43. The molecular formula is C32H49N5O2Si. The molecule has 1 fully saturated rings. The number of hydrogen-bond donors (Lipinski definition) is 1. The summed E-state index contributed by atoms with van der Waals surface area (Å²) in [7, 11) is 0.00958. The predicted molar refractivity (Wildman–Crippen MR) is 167 cm³/mol. The number of aryl methyl sites for hydroxylation is 1. The van der Waals surface area contributed by atoms with Crippen LogP contribution in [-0.4, -0.2) is 53.4 Å². The van der Waals surface area contributed by atoms with Crippen molar-refractivity contribution in [1.82, 2.24) is 24.9 Å². The van der Waals surface area contributed by atoms with E-state index in [4.69, 9.17) is 14.6 Å². The summed E-state index contributed by atoms with van der Waals surface area (Å²) in [5.41, 5.74) is 9.52. The molecule has 2 aromatic heterocycles. The zero-order chi connectivity index (χ0) is 29.0. The number of likely N-dealkylation sites (N-methyl/N-ethyl adjacent to an activating group) is 1. The van der Waals surface area contributed by atoms with Gasteiger partial charge in [-0.2, -0.15) is 10.2 Å². The van der Waals surface area contributed by atoms with Crippen LogP contribution < -0.4 is 10.1 Å². The third-order valence-electron chi connectivity index (χ3n) is 8.59. The van der Waals surface area contributed by atoms with Gasteiger partial charge >= 0.3 is 0 Å². The smallest absolute Gasteiger partial charge is 0.219 e. The topological polar surface area (TPSA) is 66.1 Å². The maximum Gasteiger partial charge on any atom is 0.219 e. The van der Waals surface area contributed by atoms with Crippen molar-refractivity contribution in [2.75, 3.05) is 19.7 Å². The van der Waals surface area contributed by atoms with Gasteiger partial charge in [-0.05, 0) is 67.1 Å². The molecule has 1 aliphatic rings. The Labute approximate surface area is 242 Å². The summed E-state index contributed by atoms with van der Waals surface area (Å²) in [4.78, 5) is 0. The largest absolute Gasteiger partial charge is 0.473 e. The first-order valence-corrected chi connectivity index (χ1v) is 17.4. The summed E-state index contributed by atoms with van der Waals surface area (Å²) in [6.07, 6.45) is 5.09. The summed E-state index contributed by atoms with van der Waals surface area (Å²) < 4.78 is 16.4. The Hall–Kier alpha value is -2.60. The van der Waals surface area contributed by atoms with Crippen LogP contribution >= 0.6 is 0 Å². The molecule has 1 saturated heterocycles. The Morgan fingerprint density at radius 3 is 2.45 bits per heavy atom. The molecule has 0 bridgehead atoms. The molecule has 4 rings (SSSR count). The van der Waals surface area contributed by atoms with E-state index in [0.717, 1.165) is 72.6 Å². The first-order chi connectivity index (χ1) is 19.1. The van der Waals surface area contributed by atoms with Gasteiger partial charge in [0.05, 0.1) is 17.3 Å². The lowest BCUT2D eigenvalue weighted by Gasteiger charge is -2.38. The van der Waals surface area contributed by atoms with Gasteiger partial charge in [-0.25, -0.2) is 9.36 Å². The van der Waals surface area contributed by atoms with Crippen molar-refractivity contribution >= 4 is 19.0 Å². The zero-order valence-corrected chi connectivity index (χ0v) is 27.0. The molecule has 0 spiro atoms. The van der Waals surface area contributed by atoms with E-state index in [1.165, 1.54) is 0 Å². The number of aromatic nitrogens is 4. The molecule has 3 aromatic rings. The van der Waals surface area contributed by atoms with E-state index >= 15 is 0 Å². The van der Waals surface area contributed by atoms with Gasteiger partial charge in [0.2, 0.25) is 5.88 Å². The third kappa shape index (κ3) is 6.02. The molecule has 2 atom stereocenters. The molecule has 0 aliphatic carbocycles. The number of hydrogen-bond acceptors (Lipinski definition) is 5. The van der Waals surface area contributed by atoms with Gasteiger partial charge in [-0.15, -0.1) is 5.54 Å². The average molecular weight is 564 g/mol. The second-order valence-electron chi connectivity index (χ2n) is 12.2. The fourth-order valence-corrected chi connectivity index (χ4v) is 11.7. The van der Waals surface area contributed by atoms with Crippen molar-refractivity contribution in [3.63, 3.8) is 0 Å². The first kappa shape index (κ1) is 30.4. The maximum atomic E-state index is 6.36. The lowest BCUT2D eigenvalue weighted by molar-refractivity contribution is -0.0367. The predicted octanol–water partition coefficient (Wildman–Crippen LogP) is 7.08. The molecule has 40 heavy (non-hydrogen) atoms. The van der Waals surface area contributed by atoms with Gasteiger partial charge in [0.1, 0.15) is 19.9 Å². The SMILES string of the molecule is CCNCC(C)Oc1c(-c2ccc3c(c2)c(C#C[Si](C(C)C)(C(C)C)C(C)C)nn3C2CCCCO2)cnn1C. The molecule has 8 heteroatoms. The molecule has 0 saturated carbocycles. The number of nitrogens with zero attached hydrogens (tertiary/aromatic N) is 4. The van der Waals surface area contributed by atoms with Crippen LogP contribution in [0.2, 0.25) is 16.6 Å². The monoisotopic (exact) mass is 563 g/mol. The van der Waals surface area contributed by atoms with Crippen molar-refractivity contribution in [3.05, 3.63) is 30.1 Å². The third-order valence-corrected chi connectivity index (χ3v) is 14.9. The number of rotatable bonds is 10. The van der Waals surface area contributed by atoms with Crippen LogP contribution in [0.15, 0.2) is 24.4 Å². The highest BCUT2D eigenvalue weighted by molar-refractivity contribution is 6.90. The van der Waals surface area contributed by atoms with Gasteiger partial charge in [0.15, 0.2) is 6.23 Å². The minimum atomic E-state index is -1.92. The van der Waals surface area contributed by atoms with E-state index in [0.29, 0.717) is 16.6 Å². The summed E-state index contributed by atoms with van der Waals surface area (Å²) in [6.45, 7) is 20.8. The molecule has 3 heterocycles. The van der Waals surface area contributed by atoms with Crippen LogP contribution in [-0.2, 0) is 11.8 Å². The molecule has 2 unspecified atom stereocenters. The van der Waals surface area contributed by atoms with E-state index in [2.05, 4.69) is 100 Å². The molecule has 1 aromatic carbocycles. The number of fused-ring (bicyclic) bond motifs is 1. The van der Waals surface area contributed by atoms with Crippen LogP contribution in [0.5, 0.6) is 5.88 Å². The van der Waals surface area contributed by atoms with Crippen LogP contribution in [0.3, 0.4) is 0 Å². The molecular weight excluding hydrogens is 514 g/mol. The lowest BCUT2D eigenvalue weighted by atomic mass is 10.1. The second kappa shape index (κ2) is 12.9. The summed E-state index contributed by atoms with van der Waals surface area (Å²) in [5, 5.41) is 14.1. The van der Waals surface area contributed by atoms with E-state index in [9.17, 15) is 0 Å². The average Bonchev–Trinajstić information content (AvgIpc) is 3.47. The highest BCUT2D eigenvalue weighted by Gasteiger charge is 2.41. The van der Waals surface area contributed by atoms with E-state index < -0.39 is 8.07 Å². The molecule has 1 aliphatic heterocycles. The van der Waals surface area contributed by atoms with Gasteiger partial charge in [-0.1, -0.05) is 60.5 Å². The summed E-state index contributed by atoms with van der Waals surface area (Å²) in [5.74, 6) is 4.42. The van der Waals surface area contributed by atoms with Crippen LogP contribution in [0.25, 0.3) is 22.0 Å². The highest BCUT2D eigenvalue weighted by atomic mass is 28.3. The fourth-order valence-electron chi connectivity index (χ4n) is 6.48. The minimum absolute atomic E-state index is 0.0200. The van der Waals surface area contributed by atoms with Crippen LogP contribution in [0.4, 0.5) is 0 Å². The number of nitrogens with one attached hydrogen (secondary N) is 1. The zero-order valence-electron chi connectivity index (χ0n) is 26.0. The van der Waals surface area contributed by atoms with E-state index in [1.807, 2.05) is 17.9 Å². The second-order valence-corrected chi connectivity index (χ2v) is 17.8. The summed E-state index contributed by atoms with van der Waals surface area (Å²) in [6, 6.07) is 6.53. The molecule has 7 nitrogen and oxygen atoms in total. The number of ether oxygens (including phenoxy) is 2. The Morgan fingerprint density at radius 2 is 1.82 bits per heavy atom. The quantitative estimate of drug-likeness (QED) is 0.211. The maximum absolute atomic E-state index is 6.36. The van der Waals surface area contributed by atoms with Gasteiger partial charge in [0, 0.05) is 25.6 Å². The first-order valence-electron chi connectivity index (χ1n) is 15.2. The van der Waals surface area contributed by atoms with Crippen LogP contribution in [0.1, 0.15) is 86.6 Å². The molecule has 0 radical (unpaired) electrons. The minimum Gasteiger partial charge on any atom is -0.473 e. The van der Waals surface area contributed by atoms with Gasteiger partial charge in [-0.3, -0.25) is 0 Å². The number of benzene rings is 1. The van der Waals surface area contributed by atoms with Crippen molar-refractivity contribution in [3.8, 4) is 28.5 Å². The van der Waals surface area contributed by atoms with Crippen LogP contribution in [0, 0.1) is 11.5 Å². The standard InChI is InChI=1S/C32H49N5O2Si/c1-10-33-20-25(8)39-32-28(21-34-36(32)9)26-14-15-30-27(19-26)29(35-37(30)31-13-11-12-17-38-31)16-18-40(22(2)3,23(4)5)24(6)7/h14-15,19,21-25,31,33H,10-13,17,20H2,1-9H3. The van der Waals surface area contributed by atoms with E-state index in [-0.39, 0.29) is 12.3 Å². The molecule has 0 amide bonds. The Kier molecular flexibility index (Phi) is 9.81. The van der Waals surface area contributed by atoms with Crippen molar-refractivity contribution < 1.29 is 9.47 Å². The van der Waals surface area contributed by atoms with Crippen molar-refractivity contribution in [2.24, 2.45) is 7.05 Å². The Balaban J connectivity index is 1.84. The Bertz CT molecular complexity index is 1320. The van der Waals surface area contributed by atoms with Crippen molar-refractivity contribution in [2.45, 2.75) is 104 Å². The highest BCUT2D eigenvalue weighted by Crippen LogP contribution is 2.41. The summed E-state index contributed by atoms with van der Waals surface area (Å²) >= 11 is 0. The van der Waals surface area contributed by atoms with Gasteiger partial charge < -0.3 is 14.8 Å². The molecule has 218 valence electrons. The normalized spacial score (nSPS) is 17.1. The van der Waals surface area contributed by atoms with E-state index in [1.54, 1.807) is 0 Å².